The number of hydrogen-bond acceptors (Lipinski definition) is 7. The predicted octanol–water partition coefficient (Wildman–Crippen LogP) is 2.83. The van der Waals surface area contributed by atoms with Gasteiger partial charge in [0.15, 0.2) is 5.69 Å². The van der Waals surface area contributed by atoms with E-state index < -0.39 is 5.97 Å². The molecular weight excluding hydrogens is 346 g/mol. The number of methoxy groups -OCH3 is 1. The summed E-state index contributed by atoms with van der Waals surface area (Å²) in [5.74, 6) is 0.182. The van der Waals surface area contributed by atoms with Gasteiger partial charge in [-0.3, -0.25) is 0 Å². The first-order valence-electron chi connectivity index (χ1n) is 8.20. The van der Waals surface area contributed by atoms with Crippen LogP contribution in [0.3, 0.4) is 0 Å². The molecule has 0 bridgehead atoms. The van der Waals surface area contributed by atoms with Crippen molar-refractivity contribution in [3.63, 3.8) is 0 Å². The smallest absolute Gasteiger partial charge is 0.337 e. The lowest BCUT2D eigenvalue weighted by Gasteiger charge is -1.99. The molecule has 2 aromatic carbocycles. The maximum atomic E-state index is 11.7. The van der Waals surface area contributed by atoms with E-state index in [0.717, 1.165) is 5.56 Å². The van der Waals surface area contributed by atoms with Crippen LogP contribution in [-0.2, 0) is 11.3 Å². The molecule has 0 amide bonds. The van der Waals surface area contributed by atoms with E-state index in [4.69, 9.17) is 9.26 Å². The van der Waals surface area contributed by atoms with Gasteiger partial charge in [-0.15, -0.1) is 5.10 Å². The van der Waals surface area contributed by atoms with Crippen molar-refractivity contribution in [2.75, 3.05) is 7.11 Å². The highest BCUT2D eigenvalue weighted by molar-refractivity contribution is 5.90. The van der Waals surface area contributed by atoms with Gasteiger partial charge in [0.2, 0.25) is 5.82 Å². The highest BCUT2D eigenvalue weighted by atomic mass is 16.5. The molecule has 0 unspecified atom stereocenters. The predicted molar refractivity (Wildman–Crippen MR) is 95.6 cm³/mol. The van der Waals surface area contributed by atoms with Crippen LogP contribution in [0.4, 0.5) is 0 Å². The van der Waals surface area contributed by atoms with Crippen molar-refractivity contribution in [2.24, 2.45) is 0 Å². The van der Waals surface area contributed by atoms with Crippen molar-refractivity contribution < 1.29 is 14.1 Å². The summed E-state index contributed by atoms with van der Waals surface area (Å²) in [6.45, 7) is 0.597. The van der Waals surface area contributed by atoms with E-state index in [9.17, 15) is 4.79 Å². The average molecular weight is 361 g/mol. The summed E-state index contributed by atoms with van der Waals surface area (Å²) in [6.07, 6.45) is 1.76. The maximum Gasteiger partial charge on any atom is 0.337 e. The Labute approximate surface area is 154 Å². The van der Waals surface area contributed by atoms with Crippen molar-refractivity contribution in [1.29, 1.82) is 0 Å². The van der Waals surface area contributed by atoms with Crippen LogP contribution in [0, 0.1) is 0 Å². The number of benzene rings is 2. The molecule has 0 saturated heterocycles. The van der Waals surface area contributed by atoms with Crippen LogP contribution in [0.25, 0.3) is 23.0 Å². The standard InChI is InChI=1S/C19H15N5O3/c1-26-19(25)15-9-5-8-14(10-15)18-20-17(22-27-18)16-12-24(23-21-16)11-13-6-3-2-4-7-13/h2-10,12H,11H2,1H3. The van der Waals surface area contributed by atoms with Crippen LogP contribution >= 0.6 is 0 Å². The molecular formula is C19H15N5O3. The number of esters is 1. The van der Waals surface area contributed by atoms with Crippen LogP contribution in [0.15, 0.2) is 65.3 Å². The van der Waals surface area contributed by atoms with E-state index in [1.807, 2.05) is 30.3 Å². The fourth-order valence-electron chi connectivity index (χ4n) is 2.59. The van der Waals surface area contributed by atoms with Gasteiger partial charge in [-0.25, -0.2) is 9.48 Å². The summed E-state index contributed by atoms with van der Waals surface area (Å²) in [6, 6.07) is 16.7. The highest BCUT2D eigenvalue weighted by Gasteiger charge is 2.15. The molecule has 4 aromatic rings. The molecule has 0 saturated carbocycles. The molecule has 0 aliphatic rings. The molecule has 0 aliphatic carbocycles. The van der Waals surface area contributed by atoms with E-state index in [-0.39, 0.29) is 5.89 Å². The molecule has 0 N–H and O–H groups in total. The summed E-state index contributed by atoms with van der Waals surface area (Å²) < 4.78 is 11.7. The first-order chi connectivity index (χ1) is 13.2. The number of rotatable bonds is 5. The molecule has 8 heteroatoms. The monoisotopic (exact) mass is 361 g/mol. The largest absolute Gasteiger partial charge is 0.465 e. The molecule has 0 atom stereocenters. The Morgan fingerprint density at radius 1 is 1.15 bits per heavy atom. The zero-order chi connectivity index (χ0) is 18.6. The van der Waals surface area contributed by atoms with Gasteiger partial charge in [-0.05, 0) is 23.8 Å². The Morgan fingerprint density at radius 2 is 2.00 bits per heavy atom. The maximum absolute atomic E-state index is 11.7. The molecule has 0 aliphatic heterocycles. The second-order valence-corrected chi connectivity index (χ2v) is 5.78. The van der Waals surface area contributed by atoms with E-state index in [2.05, 4.69) is 20.5 Å². The summed E-state index contributed by atoms with van der Waals surface area (Å²) in [4.78, 5) is 16.0. The SMILES string of the molecule is COC(=O)c1cccc(-c2nc(-c3cn(Cc4ccccc4)nn3)no2)c1. The Kier molecular flexibility index (Phi) is 4.44. The quantitative estimate of drug-likeness (QED) is 0.504. The molecule has 2 heterocycles. The van der Waals surface area contributed by atoms with Crippen molar-refractivity contribution in [3.8, 4) is 23.0 Å². The minimum atomic E-state index is -0.430. The van der Waals surface area contributed by atoms with E-state index >= 15 is 0 Å². The van der Waals surface area contributed by atoms with Gasteiger partial charge < -0.3 is 9.26 Å². The number of carbonyl (C=O) groups excluding carboxylic acids is 1. The molecule has 0 radical (unpaired) electrons. The summed E-state index contributed by atoms with van der Waals surface area (Å²) >= 11 is 0. The summed E-state index contributed by atoms with van der Waals surface area (Å²) in [5, 5.41) is 12.2. The minimum absolute atomic E-state index is 0.286. The zero-order valence-electron chi connectivity index (χ0n) is 14.4. The molecule has 0 fully saturated rings. The first-order valence-corrected chi connectivity index (χ1v) is 8.20. The molecule has 8 nitrogen and oxygen atoms in total. The van der Waals surface area contributed by atoms with E-state index in [1.54, 1.807) is 35.1 Å². The number of nitrogens with zero attached hydrogens (tertiary/aromatic N) is 5. The molecule has 27 heavy (non-hydrogen) atoms. The molecule has 0 spiro atoms. The Bertz CT molecular complexity index is 1070. The second-order valence-electron chi connectivity index (χ2n) is 5.78. The number of hydrogen-bond donors (Lipinski definition) is 0. The first kappa shape index (κ1) is 16.6. The van der Waals surface area contributed by atoms with Gasteiger partial charge in [-0.1, -0.05) is 46.8 Å². The third kappa shape index (κ3) is 3.59. The van der Waals surface area contributed by atoms with Crippen molar-refractivity contribution in [2.45, 2.75) is 6.54 Å². The fraction of sp³-hybridized carbons (Fsp3) is 0.105. The van der Waals surface area contributed by atoms with Crippen LogP contribution < -0.4 is 0 Å². The average Bonchev–Trinajstić information content (AvgIpc) is 3.38. The summed E-state index contributed by atoms with van der Waals surface area (Å²) in [5.41, 5.74) is 2.64. The lowest BCUT2D eigenvalue weighted by Crippen LogP contribution is -2.00. The van der Waals surface area contributed by atoms with Gasteiger partial charge >= 0.3 is 5.97 Å². The van der Waals surface area contributed by atoms with Crippen LogP contribution in [0.5, 0.6) is 0 Å². The second kappa shape index (κ2) is 7.20. The van der Waals surface area contributed by atoms with Crippen LogP contribution in [0.2, 0.25) is 0 Å². The van der Waals surface area contributed by atoms with Gasteiger partial charge in [0, 0.05) is 5.56 Å². The van der Waals surface area contributed by atoms with Gasteiger partial charge in [0.25, 0.3) is 5.89 Å². The van der Waals surface area contributed by atoms with E-state index in [0.29, 0.717) is 29.2 Å². The summed E-state index contributed by atoms with van der Waals surface area (Å²) in [7, 11) is 1.33. The normalized spacial score (nSPS) is 10.7. The van der Waals surface area contributed by atoms with Crippen LogP contribution in [-0.4, -0.2) is 38.2 Å². The molecule has 4 rings (SSSR count). The third-order valence-corrected chi connectivity index (χ3v) is 3.91. The van der Waals surface area contributed by atoms with Crippen molar-refractivity contribution >= 4 is 5.97 Å². The lowest BCUT2D eigenvalue weighted by molar-refractivity contribution is 0.0601. The number of aromatic nitrogens is 5. The zero-order valence-corrected chi connectivity index (χ0v) is 14.4. The number of carbonyl (C=O) groups is 1. The third-order valence-electron chi connectivity index (χ3n) is 3.91. The van der Waals surface area contributed by atoms with E-state index in [1.165, 1.54) is 7.11 Å². The van der Waals surface area contributed by atoms with Crippen LogP contribution in [0.1, 0.15) is 15.9 Å². The lowest BCUT2D eigenvalue weighted by atomic mass is 10.1. The highest BCUT2D eigenvalue weighted by Crippen LogP contribution is 2.22. The minimum Gasteiger partial charge on any atom is -0.465 e. The Balaban J connectivity index is 1.56. The number of ether oxygens (including phenoxy) is 1. The molecule has 134 valence electrons. The van der Waals surface area contributed by atoms with Crippen molar-refractivity contribution in [3.05, 3.63) is 71.9 Å². The Hall–Kier alpha value is -3.81. The molecule has 2 aromatic heterocycles. The van der Waals surface area contributed by atoms with Gasteiger partial charge in [0.1, 0.15) is 0 Å². The van der Waals surface area contributed by atoms with Crippen molar-refractivity contribution in [1.82, 2.24) is 25.1 Å². The Morgan fingerprint density at radius 3 is 2.81 bits per heavy atom. The fourth-order valence-corrected chi connectivity index (χ4v) is 2.59. The topological polar surface area (TPSA) is 95.9 Å². The van der Waals surface area contributed by atoms with Gasteiger partial charge in [0.05, 0.1) is 25.4 Å². The van der Waals surface area contributed by atoms with Gasteiger partial charge in [-0.2, -0.15) is 4.98 Å².